The van der Waals surface area contributed by atoms with Crippen molar-refractivity contribution in [3.05, 3.63) is 0 Å². The van der Waals surface area contributed by atoms with Crippen LogP contribution in [-0.4, -0.2) is 6.04 Å². The SMILES string of the molecule is C#CCC1CCCC(N)C1. The Labute approximate surface area is 63.0 Å². The zero-order valence-electron chi connectivity index (χ0n) is 6.34. The van der Waals surface area contributed by atoms with Gasteiger partial charge in [-0.15, -0.1) is 12.3 Å². The van der Waals surface area contributed by atoms with Gasteiger partial charge in [0.1, 0.15) is 0 Å². The van der Waals surface area contributed by atoms with E-state index in [1.54, 1.807) is 0 Å². The summed E-state index contributed by atoms with van der Waals surface area (Å²) in [6.45, 7) is 0. The molecule has 2 N–H and O–H groups in total. The number of hydrogen-bond acceptors (Lipinski definition) is 1. The third-order valence-corrected chi connectivity index (χ3v) is 2.23. The van der Waals surface area contributed by atoms with Crippen LogP contribution in [0.4, 0.5) is 0 Å². The molecule has 1 rings (SSSR count). The summed E-state index contributed by atoms with van der Waals surface area (Å²) < 4.78 is 0. The molecule has 1 saturated carbocycles. The van der Waals surface area contributed by atoms with Gasteiger partial charge in [0.05, 0.1) is 0 Å². The van der Waals surface area contributed by atoms with Gasteiger partial charge in [0.25, 0.3) is 0 Å². The Morgan fingerprint density at radius 1 is 1.50 bits per heavy atom. The Kier molecular flexibility index (Phi) is 2.77. The van der Waals surface area contributed by atoms with Crippen molar-refractivity contribution in [3.63, 3.8) is 0 Å². The van der Waals surface area contributed by atoms with Crippen molar-refractivity contribution in [1.29, 1.82) is 0 Å². The topological polar surface area (TPSA) is 26.0 Å². The molecule has 1 fully saturated rings. The fourth-order valence-corrected chi connectivity index (χ4v) is 1.68. The number of terminal acetylenes is 1. The van der Waals surface area contributed by atoms with Crippen LogP contribution in [0.15, 0.2) is 0 Å². The van der Waals surface area contributed by atoms with Crippen LogP contribution >= 0.6 is 0 Å². The molecule has 1 aliphatic rings. The second-order valence-corrected chi connectivity index (χ2v) is 3.20. The Balaban J connectivity index is 2.27. The minimum absolute atomic E-state index is 0.423. The normalized spacial score (nSPS) is 33.2. The van der Waals surface area contributed by atoms with Crippen LogP contribution < -0.4 is 5.73 Å². The first-order valence-electron chi connectivity index (χ1n) is 4.02. The predicted molar refractivity (Wildman–Crippen MR) is 43.4 cm³/mol. The number of rotatable bonds is 1. The first-order chi connectivity index (χ1) is 4.83. The average Bonchev–Trinajstić information content (AvgIpc) is 1.88. The van der Waals surface area contributed by atoms with Crippen molar-refractivity contribution in [1.82, 2.24) is 0 Å². The van der Waals surface area contributed by atoms with Gasteiger partial charge in [-0.05, 0) is 25.2 Å². The van der Waals surface area contributed by atoms with E-state index < -0.39 is 0 Å². The van der Waals surface area contributed by atoms with Crippen molar-refractivity contribution in [3.8, 4) is 12.3 Å². The average molecular weight is 137 g/mol. The van der Waals surface area contributed by atoms with Gasteiger partial charge < -0.3 is 5.73 Å². The van der Waals surface area contributed by atoms with Crippen molar-refractivity contribution in [2.45, 2.75) is 38.1 Å². The van der Waals surface area contributed by atoms with E-state index in [1.165, 1.54) is 19.3 Å². The Morgan fingerprint density at radius 3 is 2.90 bits per heavy atom. The monoisotopic (exact) mass is 137 g/mol. The quantitative estimate of drug-likeness (QED) is 0.545. The van der Waals surface area contributed by atoms with E-state index >= 15 is 0 Å². The van der Waals surface area contributed by atoms with Crippen LogP contribution in [0.3, 0.4) is 0 Å². The van der Waals surface area contributed by atoms with Gasteiger partial charge in [0.15, 0.2) is 0 Å². The van der Waals surface area contributed by atoms with Crippen molar-refractivity contribution in [2.75, 3.05) is 0 Å². The van der Waals surface area contributed by atoms with Crippen LogP contribution in [0.5, 0.6) is 0 Å². The molecule has 1 nitrogen and oxygen atoms in total. The summed E-state index contributed by atoms with van der Waals surface area (Å²) in [6.07, 6.45) is 11.0. The van der Waals surface area contributed by atoms with Crippen LogP contribution in [0.1, 0.15) is 32.1 Å². The zero-order valence-corrected chi connectivity index (χ0v) is 6.34. The van der Waals surface area contributed by atoms with Crippen LogP contribution in [0.2, 0.25) is 0 Å². The largest absolute Gasteiger partial charge is 0.328 e. The minimum Gasteiger partial charge on any atom is -0.328 e. The highest BCUT2D eigenvalue weighted by molar-refractivity contribution is 4.89. The lowest BCUT2D eigenvalue weighted by atomic mass is 9.84. The van der Waals surface area contributed by atoms with Crippen LogP contribution in [0.25, 0.3) is 0 Å². The Morgan fingerprint density at radius 2 is 2.30 bits per heavy atom. The van der Waals surface area contributed by atoms with Crippen molar-refractivity contribution >= 4 is 0 Å². The third kappa shape index (κ3) is 2.04. The molecule has 0 heterocycles. The van der Waals surface area contributed by atoms with Crippen LogP contribution in [-0.2, 0) is 0 Å². The molecule has 0 aromatic rings. The second kappa shape index (κ2) is 3.63. The fourth-order valence-electron chi connectivity index (χ4n) is 1.68. The molecule has 0 bridgehead atoms. The molecule has 2 unspecified atom stereocenters. The van der Waals surface area contributed by atoms with Gasteiger partial charge in [-0.3, -0.25) is 0 Å². The molecule has 0 aliphatic heterocycles. The number of hydrogen-bond donors (Lipinski definition) is 1. The van der Waals surface area contributed by atoms with Crippen LogP contribution in [0, 0.1) is 18.3 Å². The molecule has 0 spiro atoms. The standard InChI is InChI=1S/C9H15N/c1-2-4-8-5-3-6-9(10)7-8/h1,8-9H,3-7,10H2. The molecule has 2 atom stereocenters. The smallest absolute Gasteiger partial charge is 0.0115 e. The van der Waals surface area contributed by atoms with E-state index in [9.17, 15) is 0 Å². The van der Waals surface area contributed by atoms with E-state index in [1.807, 2.05) is 0 Å². The summed E-state index contributed by atoms with van der Waals surface area (Å²) in [6, 6.07) is 0.423. The first-order valence-corrected chi connectivity index (χ1v) is 4.02. The summed E-state index contributed by atoms with van der Waals surface area (Å²) in [5.74, 6) is 3.42. The summed E-state index contributed by atoms with van der Waals surface area (Å²) >= 11 is 0. The fraction of sp³-hybridized carbons (Fsp3) is 0.778. The van der Waals surface area contributed by atoms with Crippen molar-refractivity contribution < 1.29 is 0 Å². The Hall–Kier alpha value is -0.480. The third-order valence-electron chi connectivity index (χ3n) is 2.23. The maximum atomic E-state index is 5.79. The van der Waals surface area contributed by atoms with E-state index in [2.05, 4.69) is 5.92 Å². The summed E-state index contributed by atoms with van der Waals surface area (Å²) in [5.41, 5.74) is 5.79. The van der Waals surface area contributed by atoms with E-state index in [4.69, 9.17) is 12.2 Å². The molecule has 1 aliphatic carbocycles. The first kappa shape index (κ1) is 7.63. The van der Waals surface area contributed by atoms with E-state index in [0.29, 0.717) is 12.0 Å². The molecule has 0 radical (unpaired) electrons. The molecular weight excluding hydrogens is 122 g/mol. The lowest BCUT2D eigenvalue weighted by molar-refractivity contribution is 0.328. The molecule has 0 saturated heterocycles. The molecule has 0 aromatic heterocycles. The predicted octanol–water partition coefficient (Wildman–Crippen LogP) is 1.53. The highest BCUT2D eigenvalue weighted by Crippen LogP contribution is 2.24. The molecule has 56 valence electrons. The summed E-state index contributed by atoms with van der Waals surface area (Å²) in [5, 5.41) is 0. The highest BCUT2D eigenvalue weighted by atomic mass is 14.6. The Bertz CT molecular complexity index is 134. The van der Waals surface area contributed by atoms with E-state index in [0.717, 1.165) is 12.8 Å². The maximum Gasteiger partial charge on any atom is 0.0115 e. The maximum absolute atomic E-state index is 5.79. The lowest BCUT2D eigenvalue weighted by Gasteiger charge is -2.24. The zero-order chi connectivity index (χ0) is 7.40. The van der Waals surface area contributed by atoms with E-state index in [-0.39, 0.29) is 0 Å². The van der Waals surface area contributed by atoms with Gasteiger partial charge in [0, 0.05) is 12.5 Å². The van der Waals surface area contributed by atoms with Gasteiger partial charge in [0.2, 0.25) is 0 Å². The molecule has 1 heteroatoms. The van der Waals surface area contributed by atoms with Crippen molar-refractivity contribution in [2.24, 2.45) is 11.7 Å². The molecule has 10 heavy (non-hydrogen) atoms. The summed E-state index contributed by atoms with van der Waals surface area (Å²) in [7, 11) is 0. The molecular formula is C9H15N. The van der Waals surface area contributed by atoms with Gasteiger partial charge >= 0.3 is 0 Å². The lowest BCUT2D eigenvalue weighted by Crippen LogP contribution is -2.27. The van der Waals surface area contributed by atoms with Gasteiger partial charge in [-0.1, -0.05) is 6.42 Å². The second-order valence-electron chi connectivity index (χ2n) is 3.20. The highest BCUT2D eigenvalue weighted by Gasteiger charge is 2.17. The van der Waals surface area contributed by atoms with Gasteiger partial charge in [-0.2, -0.15) is 0 Å². The minimum atomic E-state index is 0.423. The summed E-state index contributed by atoms with van der Waals surface area (Å²) in [4.78, 5) is 0. The molecule has 0 amide bonds. The number of nitrogens with two attached hydrogens (primary N) is 1. The molecule has 0 aromatic carbocycles. The van der Waals surface area contributed by atoms with Gasteiger partial charge in [-0.25, -0.2) is 0 Å².